The second kappa shape index (κ2) is 7.76. The lowest BCUT2D eigenvalue weighted by atomic mass is 9.84. The minimum Gasteiger partial charge on any atom is -0.381 e. The van der Waals surface area contributed by atoms with Gasteiger partial charge in [-0.05, 0) is 66.6 Å². The lowest BCUT2D eigenvalue weighted by Crippen LogP contribution is -2.43. The fraction of sp³-hybridized carbons (Fsp3) is 0.364. The van der Waals surface area contributed by atoms with Crippen molar-refractivity contribution in [2.75, 3.05) is 20.3 Å². The number of carbonyl (C=O) groups is 1. The number of fused-ring (bicyclic) bond motifs is 1. The zero-order valence-electron chi connectivity index (χ0n) is 16.3. The number of ether oxygens (including phenoxy) is 1. The van der Waals surface area contributed by atoms with Gasteiger partial charge in [-0.15, -0.1) is 0 Å². The summed E-state index contributed by atoms with van der Waals surface area (Å²) in [7, 11) is 1.63. The van der Waals surface area contributed by atoms with E-state index in [0.717, 1.165) is 30.4 Å². The maximum Gasteiger partial charge on any atom is 0.260 e. The Kier molecular flexibility index (Phi) is 5.32. The van der Waals surface area contributed by atoms with E-state index in [1.165, 1.54) is 17.0 Å². The van der Waals surface area contributed by atoms with Crippen LogP contribution in [-0.2, 0) is 11.2 Å². The van der Waals surface area contributed by atoms with Crippen LogP contribution < -0.4 is 5.73 Å². The molecule has 29 heavy (non-hydrogen) atoms. The molecule has 2 aromatic rings. The fourth-order valence-electron chi connectivity index (χ4n) is 4.03. The van der Waals surface area contributed by atoms with Crippen molar-refractivity contribution >= 4 is 23.5 Å². The number of hydrogen-bond acceptors (Lipinski definition) is 4. The van der Waals surface area contributed by atoms with Gasteiger partial charge in [0, 0.05) is 30.8 Å². The second-order valence-electron chi connectivity index (χ2n) is 7.70. The normalized spacial score (nSPS) is 19.2. The van der Waals surface area contributed by atoms with Crippen LogP contribution in [0.3, 0.4) is 0 Å². The average molecular weight is 416 g/mol. The van der Waals surface area contributed by atoms with E-state index < -0.39 is 5.82 Å². The number of carbonyl (C=O) groups excluding carboxylic acids is 1. The van der Waals surface area contributed by atoms with Crippen LogP contribution in [0, 0.1) is 5.82 Å². The Morgan fingerprint density at radius 1 is 1.14 bits per heavy atom. The number of aryl methyl sites for hydroxylation is 1. The van der Waals surface area contributed by atoms with Crippen molar-refractivity contribution in [2.45, 2.75) is 31.2 Å². The Morgan fingerprint density at radius 2 is 1.90 bits per heavy atom. The molecule has 2 N–H and O–H groups in total. The Labute approximate surface area is 174 Å². The molecule has 2 aliphatic rings. The molecule has 0 radical (unpaired) electrons. The molecule has 0 unspecified atom stereocenters. The molecule has 1 fully saturated rings. The first-order valence-corrected chi connectivity index (χ1v) is 10.1. The number of nitrogens with zero attached hydrogens (tertiary/aromatic N) is 2. The van der Waals surface area contributed by atoms with Gasteiger partial charge < -0.3 is 10.5 Å². The second-order valence-corrected chi connectivity index (χ2v) is 8.14. The summed E-state index contributed by atoms with van der Waals surface area (Å²) in [5, 5.41) is 0.310. The van der Waals surface area contributed by atoms with Crippen molar-refractivity contribution in [2.24, 2.45) is 10.7 Å². The summed E-state index contributed by atoms with van der Waals surface area (Å²) in [5.74, 6) is -0.434. The van der Waals surface area contributed by atoms with Gasteiger partial charge in [-0.3, -0.25) is 9.69 Å². The van der Waals surface area contributed by atoms with Crippen LogP contribution in [-0.4, -0.2) is 42.6 Å². The van der Waals surface area contributed by atoms with Crippen molar-refractivity contribution in [1.82, 2.24) is 4.90 Å². The standard InChI is InChI=1S/C22H23ClFN3O2/c1-27-20(28)19-12-15(16-10-17(23)13-18(24)11-16)3-2-14(19)4-5-22(26-21(27)25)6-8-29-9-7-22/h2-3,10-13H,4-9H2,1H3,(H2,25,26). The summed E-state index contributed by atoms with van der Waals surface area (Å²) in [6.07, 6.45) is 3.06. The third kappa shape index (κ3) is 4.00. The number of amides is 1. The van der Waals surface area contributed by atoms with Crippen LogP contribution >= 0.6 is 11.6 Å². The zero-order chi connectivity index (χ0) is 20.6. The molecule has 0 saturated carbocycles. The molecule has 0 aliphatic carbocycles. The maximum atomic E-state index is 13.8. The number of benzene rings is 2. The van der Waals surface area contributed by atoms with E-state index in [1.54, 1.807) is 19.2 Å². The van der Waals surface area contributed by atoms with E-state index in [4.69, 9.17) is 27.1 Å². The Bertz CT molecular complexity index is 966. The van der Waals surface area contributed by atoms with Crippen LogP contribution in [0.4, 0.5) is 4.39 Å². The van der Waals surface area contributed by atoms with Crippen molar-refractivity contribution in [1.29, 1.82) is 0 Å². The van der Waals surface area contributed by atoms with Gasteiger partial charge in [-0.1, -0.05) is 23.7 Å². The molecule has 1 saturated heterocycles. The molecular weight excluding hydrogens is 393 g/mol. The van der Waals surface area contributed by atoms with Crippen LogP contribution in [0.2, 0.25) is 5.02 Å². The number of aliphatic imine (C=N–C) groups is 1. The topological polar surface area (TPSA) is 67.9 Å². The number of nitrogens with two attached hydrogens (primary N) is 1. The first kappa shape index (κ1) is 19.9. The molecule has 0 bridgehead atoms. The maximum absolute atomic E-state index is 13.8. The highest BCUT2D eigenvalue weighted by atomic mass is 35.5. The van der Waals surface area contributed by atoms with Crippen molar-refractivity contribution in [3.63, 3.8) is 0 Å². The predicted molar refractivity (Wildman–Crippen MR) is 112 cm³/mol. The quantitative estimate of drug-likeness (QED) is 0.764. The number of hydrogen-bond donors (Lipinski definition) is 1. The molecule has 4 rings (SSSR count). The summed E-state index contributed by atoms with van der Waals surface area (Å²) in [6.45, 7) is 1.28. The van der Waals surface area contributed by atoms with Crippen LogP contribution in [0.25, 0.3) is 11.1 Å². The van der Waals surface area contributed by atoms with Gasteiger partial charge in [0.05, 0.1) is 5.54 Å². The summed E-state index contributed by atoms with van der Waals surface area (Å²) in [5.41, 5.74) is 8.72. The first-order chi connectivity index (χ1) is 13.9. The molecule has 0 aromatic heterocycles. The molecule has 5 nitrogen and oxygen atoms in total. The van der Waals surface area contributed by atoms with Gasteiger partial charge in [-0.2, -0.15) is 0 Å². The monoisotopic (exact) mass is 415 g/mol. The van der Waals surface area contributed by atoms with Crippen molar-refractivity contribution < 1.29 is 13.9 Å². The number of rotatable bonds is 1. The minimum absolute atomic E-state index is 0.212. The molecule has 2 aliphatic heterocycles. The van der Waals surface area contributed by atoms with Crippen molar-refractivity contribution in [3.8, 4) is 11.1 Å². The van der Waals surface area contributed by atoms with E-state index >= 15 is 0 Å². The minimum atomic E-state index is -0.419. The highest BCUT2D eigenvalue weighted by Gasteiger charge is 2.35. The summed E-state index contributed by atoms with van der Waals surface area (Å²) >= 11 is 6.01. The molecule has 1 spiro atoms. The molecule has 1 amide bonds. The first-order valence-electron chi connectivity index (χ1n) is 9.67. The molecule has 2 heterocycles. The predicted octanol–water partition coefficient (Wildman–Crippen LogP) is 4.03. The van der Waals surface area contributed by atoms with E-state index in [2.05, 4.69) is 0 Å². The van der Waals surface area contributed by atoms with Gasteiger partial charge in [0.15, 0.2) is 5.96 Å². The lowest BCUT2D eigenvalue weighted by Gasteiger charge is -2.34. The zero-order valence-corrected chi connectivity index (χ0v) is 17.0. The lowest BCUT2D eigenvalue weighted by molar-refractivity contribution is 0.0509. The SMILES string of the molecule is CN1C(=O)c2cc(-c3cc(F)cc(Cl)c3)ccc2CCC2(CCOCC2)N=C1N. The fourth-order valence-corrected chi connectivity index (χ4v) is 4.25. The van der Waals surface area contributed by atoms with Gasteiger partial charge in [0.2, 0.25) is 0 Å². The Hall–Kier alpha value is -2.44. The molecular formula is C22H23ClFN3O2. The highest BCUT2D eigenvalue weighted by Crippen LogP contribution is 2.34. The molecule has 0 atom stereocenters. The van der Waals surface area contributed by atoms with Gasteiger partial charge in [0.25, 0.3) is 5.91 Å². The Morgan fingerprint density at radius 3 is 2.62 bits per heavy atom. The summed E-state index contributed by atoms with van der Waals surface area (Å²) < 4.78 is 19.3. The van der Waals surface area contributed by atoms with E-state index in [1.807, 2.05) is 12.1 Å². The molecule has 7 heteroatoms. The average Bonchev–Trinajstić information content (AvgIpc) is 2.73. The smallest absolute Gasteiger partial charge is 0.260 e. The van der Waals surface area contributed by atoms with E-state index in [-0.39, 0.29) is 17.4 Å². The third-order valence-corrected chi connectivity index (χ3v) is 6.04. The van der Waals surface area contributed by atoms with E-state index in [9.17, 15) is 9.18 Å². The number of halogens is 2. The van der Waals surface area contributed by atoms with E-state index in [0.29, 0.717) is 35.8 Å². The molecule has 2 aromatic carbocycles. The van der Waals surface area contributed by atoms with Gasteiger partial charge >= 0.3 is 0 Å². The van der Waals surface area contributed by atoms with Crippen LogP contribution in [0.1, 0.15) is 35.2 Å². The number of guanidine groups is 1. The highest BCUT2D eigenvalue weighted by molar-refractivity contribution is 6.30. The summed E-state index contributed by atoms with van der Waals surface area (Å²) in [6, 6.07) is 9.97. The van der Waals surface area contributed by atoms with Crippen LogP contribution in [0.15, 0.2) is 41.4 Å². The largest absolute Gasteiger partial charge is 0.381 e. The third-order valence-electron chi connectivity index (χ3n) is 5.82. The summed E-state index contributed by atoms with van der Waals surface area (Å²) in [4.78, 5) is 19.3. The van der Waals surface area contributed by atoms with Crippen LogP contribution in [0.5, 0.6) is 0 Å². The molecule has 152 valence electrons. The van der Waals surface area contributed by atoms with Crippen molar-refractivity contribution in [3.05, 3.63) is 58.4 Å². The Balaban J connectivity index is 1.77. The van der Waals surface area contributed by atoms with Gasteiger partial charge in [-0.25, -0.2) is 9.38 Å². The van der Waals surface area contributed by atoms with Gasteiger partial charge in [0.1, 0.15) is 5.82 Å².